The maximum absolute atomic E-state index is 12.6. The van der Waals surface area contributed by atoms with E-state index in [1.54, 1.807) is 0 Å². The quantitative estimate of drug-likeness (QED) is 0.754. The van der Waals surface area contributed by atoms with Crippen LogP contribution in [0.15, 0.2) is 54.6 Å². The second kappa shape index (κ2) is 7.42. The van der Waals surface area contributed by atoms with E-state index in [0.717, 1.165) is 17.7 Å². The minimum Gasteiger partial charge on any atom is -0.355 e. The van der Waals surface area contributed by atoms with Crippen molar-refractivity contribution < 1.29 is 22.8 Å². The van der Waals surface area contributed by atoms with E-state index < -0.39 is 23.1 Å². The highest BCUT2D eigenvalue weighted by Crippen LogP contribution is 2.46. The molecule has 0 radical (unpaired) electrons. The second-order valence-electron chi connectivity index (χ2n) is 6.60. The SMILES string of the molecule is O=C(NCCc1ccccc1)C1(C(=O)Nc2ccc(C(F)(F)F)cc2)CC1. The average molecular weight is 376 g/mol. The van der Waals surface area contributed by atoms with Crippen molar-refractivity contribution in [3.8, 4) is 0 Å². The van der Waals surface area contributed by atoms with Gasteiger partial charge in [-0.25, -0.2) is 0 Å². The highest BCUT2D eigenvalue weighted by Gasteiger charge is 2.56. The van der Waals surface area contributed by atoms with Crippen molar-refractivity contribution in [2.24, 2.45) is 5.41 Å². The summed E-state index contributed by atoms with van der Waals surface area (Å²) in [7, 11) is 0. The lowest BCUT2D eigenvalue weighted by Gasteiger charge is -2.16. The van der Waals surface area contributed by atoms with E-state index in [1.165, 1.54) is 12.1 Å². The first kappa shape index (κ1) is 18.9. The maximum atomic E-state index is 12.6. The monoisotopic (exact) mass is 376 g/mol. The van der Waals surface area contributed by atoms with Crippen LogP contribution in [-0.2, 0) is 22.2 Å². The zero-order valence-electron chi connectivity index (χ0n) is 14.5. The molecule has 0 unspecified atom stereocenters. The van der Waals surface area contributed by atoms with Gasteiger partial charge < -0.3 is 10.6 Å². The molecule has 0 heterocycles. The van der Waals surface area contributed by atoms with Gasteiger partial charge in [-0.05, 0) is 49.1 Å². The van der Waals surface area contributed by atoms with Crippen LogP contribution >= 0.6 is 0 Å². The number of benzene rings is 2. The number of alkyl halides is 3. The van der Waals surface area contributed by atoms with E-state index in [1.807, 2.05) is 30.3 Å². The number of carbonyl (C=O) groups excluding carboxylic acids is 2. The second-order valence-corrected chi connectivity index (χ2v) is 6.60. The van der Waals surface area contributed by atoms with Gasteiger partial charge in [0.25, 0.3) is 0 Å². The highest BCUT2D eigenvalue weighted by atomic mass is 19.4. The van der Waals surface area contributed by atoms with Crippen LogP contribution in [0.1, 0.15) is 24.0 Å². The average Bonchev–Trinajstić information content (AvgIpc) is 3.44. The fraction of sp³-hybridized carbons (Fsp3) is 0.300. The zero-order chi connectivity index (χ0) is 19.5. The van der Waals surface area contributed by atoms with Crippen molar-refractivity contribution in [3.05, 3.63) is 65.7 Å². The van der Waals surface area contributed by atoms with Crippen LogP contribution in [0.5, 0.6) is 0 Å². The third-order valence-electron chi connectivity index (χ3n) is 4.63. The van der Waals surface area contributed by atoms with Gasteiger partial charge >= 0.3 is 6.18 Å². The molecule has 27 heavy (non-hydrogen) atoms. The van der Waals surface area contributed by atoms with E-state index in [-0.39, 0.29) is 11.6 Å². The molecule has 142 valence electrons. The topological polar surface area (TPSA) is 58.2 Å². The molecule has 0 atom stereocenters. The standard InChI is InChI=1S/C20H19F3N2O2/c21-20(22,23)15-6-8-16(9-7-15)25-18(27)19(11-12-19)17(26)24-13-10-14-4-2-1-3-5-14/h1-9H,10-13H2,(H,24,26)(H,25,27). The van der Waals surface area contributed by atoms with Gasteiger partial charge in [0.15, 0.2) is 0 Å². The van der Waals surface area contributed by atoms with Crippen molar-refractivity contribution >= 4 is 17.5 Å². The van der Waals surface area contributed by atoms with Gasteiger partial charge in [-0.15, -0.1) is 0 Å². The van der Waals surface area contributed by atoms with Crippen molar-refractivity contribution in [1.29, 1.82) is 0 Å². The summed E-state index contributed by atoms with van der Waals surface area (Å²) in [6.45, 7) is 0.415. The molecule has 0 aliphatic heterocycles. The van der Waals surface area contributed by atoms with E-state index in [2.05, 4.69) is 10.6 Å². The Bertz CT molecular complexity index is 813. The fourth-order valence-electron chi connectivity index (χ4n) is 2.81. The van der Waals surface area contributed by atoms with Crippen molar-refractivity contribution in [2.75, 3.05) is 11.9 Å². The number of carbonyl (C=O) groups is 2. The van der Waals surface area contributed by atoms with Crippen LogP contribution in [-0.4, -0.2) is 18.4 Å². The first-order chi connectivity index (χ1) is 12.8. The zero-order valence-corrected chi connectivity index (χ0v) is 14.5. The number of amides is 2. The molecule has 2 aromatic rings. The third kappa shape index (κ3) is 4.48. The van der Waals surface area contributed by atoms with Gasteiger partial charge in [-0.2, -0.15) is 13.2 Å². The van der Waals surface area contributed by atoms with Crippen molar-refractivity contribution in [3.63, 3.8) is 0 Å². The molecule has 1 saturated carbocycles. The van der Waals surface area contributed by atoms with Gasteiger partial charge in [0.2, 0.25) is 11.8 Å². The molecule has 2 aromatic carbocycles. The molecule has 0 spiro atoms. The maximum Gasteiger partial charge on any atom is 0.416 e. The Balaban J connectivity index is 1.55. The normalized spacial score (nSPS) is 15.1. The number of hydrogen-bond donors (Lipinski definition) is 2. The first-order valence-electron chi connectivity index (χ1n) is 8.62. The molecule has 1 aliphatic rings. The molecule has 1 fully saturated rings. The van der Waals surface area contributed by atoms with Crippen LogP contribution in [0.4, 0.5) is 18.9 Å². The van der Waals surface area contributed by atoms with Crippen molar-refractivity contribution in [2.45, 2.75) is 25.4 Å². The highest BCUT2D eigenvalue weighted by molar-refractivity contribution is 6.13. The molecule has 0 bridgehead atoms. The molecule has 1 aliphatic carbocycles. The predicted octanol–water partition coefficient (Wildman–Crippen LogP) is 3.78. The van der Waals surface area contributed by atoms with Gasteiger partial charge in [0.1, 0.15) is 5.41 Å². The van der Waals surface area contributed by atoms with Gasteiger partial charge in [-0.1, -0.05) is 30.3 Å². The van der Waals surface area contributed by atoms with Gasteiger partial charge in [0, 0.05) is 12.2 Å². The molecule has 4 nitrogen and oxygen atoms in total. The summed E-state index contributed by atoms with van der Waals surface area (Å²) in [5.74, 6) is -0.831. The summed E-state index contributed by atoms with van der Waals surface area (Å²) in [4.78, 5) is 24.9. The van der Waals surface area contributed by atoms with Crippen LogP contribution in [0.25, 0.3) is 0 Å². The number of halogens is 3. The summed E-state index contributed by atoms with van der Waals surface area (Å²) < 4.78 is 37.8. The number of anilines is 1. The Morgan fingerprint density at radius 3 is 2.11 bits per heavy atom. The lowest BCUT2D eigenvalue weighted by Crippen LogP contribution is -2.40. The molecule has 3 rings (SSSR count). The summed E-state index contributed by atoms with van der Waals surface area (Å²) in [6, 6.07) is 13.8. The Morgan fingerprint density at radius 2 is 1.56 bits per heavy atom. The fourth-order valence-corrected chi connectivity index (χ4v) is 2.81. The van der Waals surface area contributed by atoms with E-state index >= 15 is 0 Å². The van der Waals surface area contributed by atoms with Gasteiger partial charge in [0.05, 0.1) is 5.56 Å². The van der Waals surface area contributed by atoms with E-state index in [0.29, 0.717) is 25.8 Å². The minimum absolute atomic E-state index is 0.233. The smallest absolute Gasteiger partial charge is 0.355 e. The lowest BCUT2D eigenvalue weighted by molar-refractivity contribution is -0.137. The minimum atomic E-state index is -4.43. The summed E-state index contributed by atoms with van der Waals surface area (Å²) in [6.07, 6.45) is -2.92. The van der Waals surface area contributed by atoms with Crippen LogP contribution < -0.4 is 10.6 Å². The summed E-state index contributed by atoms with van der Waals surface area (Å²) >= 11 is 0. The molecular weight excluding hydrogens is 357 g/mol. The Hall–Kier alpha value is -2.83. The van der Waals surface area contributed by atoms with Crippen LogP contribution in [0.2, 0.25) is 0 Å². The number of rotatable bonds is 6. The Kier molecular flexibility index (Phi) is 5.21. The van der Waals surface area contributed by atoms with Crippen LogP contribution in [0, 0.1) is 5.41 Å². The largest absolute Gasteiger partial charge is 0.416 e. The van der Waals surface area contributed by atoms with E-state index in [4.69, 9.17) is 0 Å². The predicted molar refractivity (Wildman–Crippen MR) is 94.9 cm³/mol. The number of hydrogen-bond acceptors (Lipinski definition) is 2. The Labute approximate surface area is 154 Å². The molecule has 0 aromatic heterocycles. The molecule has 2 N–H and O–H groups in total. The van der Waals surface area contributed by atoms with Gasteiger partial charge in [-0.3, -0.25) is 9.59 Å². The Morgan fingerprint density at radius 1 is 0.926 bits per heavy atom. The molecular formula is C20H19F3N2O2. The van der Waals surface area contributed by atoms with Crippen LogP contribution in [0.3, 0.4) is 0 Å². The molecule has 7 heteroatoms. The number of nitrogens with one attached hydrogen (secondary N) is 2. The molecule has 0 saturated heterocycles. The third-order valence-corrected chi connectivity index (χ3v) is 4.63. The molecule has 2 amide bonds. The van der Waals surface area contributed by atoms with E-state index in [9.17, 15) is 22.8 Å². The summed E-state index contributed by atoms with van der Waals surface area (Å²) in [5.41, 5.74) is -0.604. The van der Waals surface area contributed by atoms with Crippen molar-refractivity contribution in [1.82, 2.24) is 5.32 Å². The first-order valence-corrected chi connectivity index (χ1v) is 8.62. The lowest BCUT2D eigenvalue weighted by atomic mass is 10.0. The summed E-state index contributed by atoms with van der Waals surface area (Å²) in [5, 5.41) is 5.33.